The summed E-state index contributed by atoms with van der Waals surface area (Å²) in [5, 5.41) is 14.3. The molecule has 0 fully saturated rings. The first-order valence-corrected chi connectivity index (χ1v) is 14.6. The highest BCUT2D eigenvalue weighted by Gasteiger charge is 2.05. The van der Waals surface area contributed by atoms with E-state index in [2.05, 4.69) is 18.7 Å². The van der Waals surface area contributed by atoms with Gasteiger partial charge in [-0.3, -0.25) is 10.8 Å². The lowest BCUT2D eigenvalue weighted by molar-refractivity contribution is 0.627. The first-order chi connectivity index (χ1) is 21.9. The molecule has 48 heavy (non-hydrogen) atoms. The molecule has 0 aliphatic rings. The highest BCUT2D eigenvalue weighted by molar-refractivity contribution is 7.10. The van der Waals surface area contributed by atoms with E-state index >= 15 is 0 Å². The van der Waals surface area contributed by atoms with Crippen LogP contribution in [0.25, 0.3) is 22.8 Å². The topological polar surface area (TPSA) is 209 Å². The summed E-state index contributed by atoms with van der Waals surface area (Å²) in [4.78, 5) is 7.93. The second-order valence-corrected chi connectivity index (χ2v) is 10.8. The van der Waals surface area contributed by atoms with Gasteiger partial charge in [0.1, 0.15) is 34.9 Å². The zero-order valence-electron chi connectivity index (χ0n) is 24.4. The molecule has 6 rings (SSSR count). The minimum atomic E-state index is -0.315. The van der Waals surface area contributed by atoms with Crippen molar-refractivity contribution in [1.29, 1.82) is 10.8 Å². The number of aromatic nitrogens is 4. The van der Waals surface area contributed by atoms with Gasteiger partial charge in [-0.25, -0.2) is 22.5 Å². The van der Waals surface area contributed by atoms with Gasteiger partial charge in [-0.15, -0.1) is 12.4 Å². The molecule has 18 heteroatoms. The van der Waals surface area contributed by atoms with E-state index in [0.29, 0.717) is 32.4 Å². The van der Waals surface area contributed by atoms with E-state index in [0.717, 1.165) is 34.2 Å². The molecule has 0 saturated carbocycles. The van der Waals surface area contributed by atoms with Crippen LogP contribution in [-0.2, 0) is 0 Å². The van der Waals surface area contributed by atoms with Crippen LogP contribution < -0.4 is 17.2 Å². The predicted octanol–water partition coefficient (Wildman–Crippen LogP) is 6.74. The van der Waals surface area contributed by atoms with Gasteiger partial charge in [0.25, 0.3) is 0 Å². The first-order valence-electron chi connectivity index (χ1n) is 12.7. The lowest BCUT2D eigenvalue weighted by Gasteiger charge is -1.94. The van der Waals surface area contributed by atoms with Crippen LogP contribution in [-0.4, -0.2) is 35.9 Å². The largest absolute Gasteiger partial charge is 0.412 e. The summed E-state index contributed by atoms with van der Waals surface area (Å²) in [6.45, 7) is 0. The Kier molecular flexibility index (Phi) is 17.3. The van der Waals surface area contributed by atoms with Gasteiger partial charge >= 0.3 is 0 Å². The normalized spacial score (nSPS) is 9.44. The van der Waals surface area contributed by atoms with Crippen molar-refractivity contribution in [3.05, 3.63) is 136 Å². The SMILES string of the molecule is Cl.Fc1ccc(-c2nsc(Cl)n2)cc1.N=C(N)c1ccc(F)cc1.N=C(N)c1ccc(F)cc1.Nc1nc(-c2ccc(F)cc2)ns1.O. The molecule has 0 bridgehead atoms. The highest BCUT2D eigenvalue weighted by atomic mass is 35.5. The summed E-state index contributed by atoms with van der Waals surface area (Å²) in [7, 11) is 0. The fourth-order valence-electron chi connectivity index (χ4n) is 3.13. The van der Waals surface area contributed by atoms with Crippen molar-refractivity contribution < 1.29 is 23.0 Å². The minimum Gasteiger partial charge on any atom is -0.412 e. The number of anilines is 1. The van der Waals surface area contributed by atoms with E-state index in [1.165, 1.54) is 72.8 Å². The molecule has 0 saturated heterocycles. The van der Waals surface area contributed by atoms with Gasteiger partial charge in [0.05, 0.1) is 0 Å². The molecule has 0 unspecified atom stereocenters. The van der Waals surface area contributed by atoms with E-state index in [1.807, 2.05) is 0 Å². The number of amidine groups is 2. The molecule has 2 aromatic heterocycles. The number of nitrogens with zero attached hydrogens (tertiary/aromatic N) is 4. The van der Waals surface area contributed by atoms with Crippen LogP contribution in [0.3, 0.4) is 0 Å². The molecule has 10 N–H and O–H groups in total. The van der Waals surface area contributed by atoms with E-state index in [4.69, 9.17) is 39.6 Å². The molecule has 0 spiro atoms. The van der Waals surface area contributed by atoms with Crippen LogP contribution in [0.1, 0.15) is 11.1 Å². The van der Waals surface area contributed by atoms with Gasteiger partial charge in [-0.2, -0.15) is 13.7 Å². The smallest absolute Gasteiger partial charge is 0.203 e. The third kappa shape index (κ3) is 13.8. The molecular weight excluding hydrogens is 713 g/mol. The minimum absolute atomic E-state index is 0. The fraction of sp³-hybridized carbons (Fsp3) is 0. The van der Waals surface area contributed by atoms with E-state index in [1.54, 1.807) is 24.3 Å². The Morgan fingerprint density at radius 1 is 0.562 bits per heavy atom. The summed E-state index contributed by atoms with van der Waals surface area (Å²) in [6.07, 6.45) is 0. The van der Waals surface area contributed by atoms with Gasteiger partial charge in [0, 0.05) is 33.8 Å². The summed E-state index contributed by atoms with van der Waals surface area (Å²) >= 11 is 7.85. The summed E-state index contributed by atoms with van der Waals surface area (Å²) in [5.41, 5.74) is 18.3. The second kappa shape index (κ2) is 20.3. The number of rotatable bonds is 4. The molecular formula is C30H27Cl2F4N9OS2. The second-order valence-electron chi connectivity index (χ2n) is 8.68. The molecule has 6 aromatic rings. The molecule has 4 aromatic carbocycles. The first kappa shape index (κ1) is 41.0. The molecule has 0 amide bonds. The van der Waals surface area contributed by atoms with Gasteiger partial charge < -0.3 is 22.7 Å². The number of nitrogen functional groups attached to an aromatic ring is 3. The predicted molar refractivity (Wildman–Crippen MR) is 186 cm³/mol. The van der Waals surface area contributed by atoms with Gasteiger partial charge in [0.2, 0.25) is 4.47 Å². The average Bonchev–Trinajstić information content (AvgIpc) is 3.67. The van der Waals surface area contributed by atoms with Crippen molar-refractivity contribution in [1.82, 2.24) is 18.7 Å². The molecule has 0 atom stereocenters. The number of nitrogens with two attached hydrogens (primary N) is 3. The maximum Gasteiger partial charge on any atom is 0.203 e. The Morgan fingerprint density at radius 3 is 1.15 bits per heavy atom. The fourth-order valence-corrected chi connectivity index (χ4v) is 4.20. The van der Waals surface area contributed by atoms with E-state index in [-0.39, 0.29) is 52.8 Å². The summed E-state index contributed by atoms with van der Waals surface area (Å²) in [5.74, 6) is -0.176. The van der Waals surface area contributed by atoms with Crippen molar-refractivity contribution in [2.24, 2.45) is 11.5 Å². The molecule has 0 aliphatic carbocycles. The van der Waals surface area contributed by atoms with Crippen LogP contribution in [0.5, 0.6) is 0 Å². The van der Waals surface area contributed by atoms with Crippen LogP contribution in [0.2, 0.25) is 4.47 Å². The number of benzene rings is 4. The van der Waals surface area contributed by atoms with E-state index < -0.39 is 0 Å². The number of hydrogen-bond acceptors (Lipinski definition) is 9. The molecule has 2 heterocycles. The summed E-state index contributed by atoms with van der Waals surface area (Å²) < 4.78 is 57.9. The van der Waals surface area contributed by atoms with Crippen molar-refractivity contribution in [2.75, 3.05) is 5.73 Å². The van der Waals surface area contributed by atoms with Crippen LogP contribution >= 0.6 is 47.1 Å². The van der Waals surface area contributed by atoms with Crippen molar-refractivity contribution in [3.8, 4) is 22.8 Å². The van der Waals surface area contributed by atoms with Gasteiger partial charge in [-0.05, 0) is 120 Å². The van der Waals surface area contributed by atoms with Crippen LogP contribution in [0.4, 0.5) is 22.7 Å². The monoisotopic (exact) mass is 739 g/mol. The summed E-state index contributed by atoms with van der Waals surface area (Å²) in [6, 6.07) is 22.9. The van der Waals surface area contributed by atoms with E-state index in [9.17, 15) is 17.6 Å². The number of hydrogen-bond donors (Lipinski definition) is 5. The van der Waals surface area contributed by atoms with Gasteiger partial charge in [0.15, 0.2) is 16.8 Å². The zero-order chi connectivity index (χ0) is 33.6. The van der Waals surface area contributed by atoms with Crippen LogP contribution in [0, 0.1) is 34.1 Å². The highest BCUT2D eigenvalue weighted by Crippen LogP contribution is 2.21. The molecule has 0 radical (unpaired) electrons. The Balaban J connectivity index is 0.000000318. The van der Waals surface area contributed by atoms with Crippen molar-refractivity contribution >= 4 is 63.9 Å². The zero-order valence-corrected chi connectivity index (χ0v) is 27.6. The average molecular weight is 741 g/mol. The molecule has 10 nitrogen and oxygen atoms in total. The molecule has 252 valence electrons. The van der Waals surface area contributed by atoms with Crippen molar-refractivity contribution in [3.63, 3.8) is 0 Å². The Labute approximate surface area is 291 Å². The third-order valence-corrected chi connectivity index (χ3v) is 6.70. The van der Waals surface area contributed by atoms with Crippen molar-refractivity contribution in [2.45, 2.75) is 0 Å². The maximum atomic E-state index is 12.5. The Bertz CT molecular complexity index is 1720. The Morgan fingerprint density at radius 2 is 0.875 bits per heavy atom. The maximum absolute atomic E-state index is 12.5. The standard InChI is InChI=1S/C8H4ClFN2S.C8H6FN3S.2C7H7FN2.ClH.H2O/c9-8-11-7(12-13-8)5-1-3-6(10)4-2-5;9-6-3-1-5(2-4-6)7-11-8(10)13-12-7;2*8-6-3-1-5(2-4-6)7(9)10;;/h1-4H;1-4H,(H2,10,11,12);2*1-4H,(H3,9,10);1H;1H2. The lowest BCUT2D eigenvalue weighted by Crippen LogP contribution is -2.10. The van der Waals surface area contributed by atoms with Gasteiger partial charge in [-0.1, -0.05) is 0 Å². The van der Waals surface area contributed by atoms with Crippen LogP contribution in [0.15, 0.2) is 97.1 Å². The lowest BCUT2D eigenvalue weighted by atomic mass is 10.2. The quantitative estimate of drug-likeness (QED) is 0.0746. The number of halogens is 6. The number of nitrogens with one attached hydrogen (secondary N) is 2. The third-order valence-electron chi connectivity index (χ3n) is 5.36. The molecule has 0 aliphatic heterocycles. The Hall–Kier alpha value is -5.00.